The molecule has 0 radical (unpaired) electrons. The molecule has 1 aliphatic rings. The Morgan fingerprint density at radius 2 is 1.67 bits per heavy atom. The van der Waals surface area contributed by atoms with Gasteiger partial charge in [-0.1, -0.05) is 54.1 Å². The van der Waals surface area contributed by atoms with Crippen molar-refractivity contribution in [2.75, 3.05) is 36.4 Å². The van der Waals surface area contributed by atoms with Crippen LogP contribution in [0, 0.1) is 0 Å². The van der Waals surface area contributed by atoms with Crippen LogP contribution in [0.1, 0.15) is 17.0 Å². The van der Waals surface area contributed by atoms with Crippen molar-refractivity contribution in [1.29, 1.82) is 0 Å². The maximum absolute atomic E-state index is 13.1. The molecule has 0 aliphatic carbocycles. The molecular weight excluding hydrogens is 567 g/mol. The largest absolute Gasteiger partial charge is 0.416 e. The lowest BCUT2D eigenvalue weighted by atomic mass is 10.1. The predicted molar refractivity (Wildman–Crippen MR) is 155 cm³/mol. The van der Waals surface area contributed by atoms with Crippen LogP contribution in [0.4, 0.5) is 29.5 Å². The molecule has 0 unspecified atom stereocenters. The molecule has 42 heavy (non-hydrogen) atoms. The number of urea groups is 1. The zero-order valence-electron chi connectivity index (χ0n) is 22.2. The Balaban J connectivity index is 1.25. The summed E-state index contributed by atoms with van der Waals surface area (Å²) < 4.78 is 41.0. The second-order valence-electron chi connectivity index (χ2n) is 9.88. The second kappa shape index (κ2) is 11.3. The molecule has 3 aromatic carbocycles. The lowest BCUT2D eigenvalue weighted by molar-refractivity contribution is -0.137. The molecule has 2 amide bonds. The van der Waals surface area contributed by atoms with Crippen LogP contribution in [-0.4, -0.2) is 56.9 Å². The van der Waals surface area contributed by atoms with Crippen molar-refractivity contribution in [2.24, 2.45) is 0 Å². The molecule has 6 rings (SSSR count). The first-order valence-corrected chi connectivity index (χ1v) is 13.6. The summed E-state index contributed by atoms with van der Waals surface area (Å²) in [5.74, 6) is 1.33. The number of hydrogen-bond acceptors (Lipinski definition) is 5. The third-order valence-electron chi connectivity index (χ3n) is 7.02. The first-order valence-electron chi connectivity index (χ1n) is 13.3. The molecule has 0 atom stereocenters. The van der Waals surface area contributed by atoms with Gasteiger partial charge in [-0.15, -0.1) is 0 Å². The van der Waals surface area contributed by atoms with E-state index in [1.807, 2.05) is 48.5 Å². The van der Waals surface area contributed by atoms with Crippen LogP contribution in [0.25, 0.3) is 16.7 Å². The number of amides is 2. The average molecular weight is 592 g/mol. The van der Waals surface area contributed by atoms with Gasteiger partial charge in [0.05, 0.1) is 22.8 Å². The third kappa shape index (κ3) is 5.87. The minimum absolute atomic E-state index is 0.0914. The fourth-order valence-corrected chi connectivity index (χ4v) is 5.11. The Morgan fingerprint density at radius 1 is 0.905 bits per heavy atom. The van der Waals surface area contributed by atoms with Crippen LogP contribution in [0.15, 0.2) is 85.1 Å². The number of fused-ring (bicyclic) bond motifs is 1. The molecule has 214 valence electrons. The quantitative estimate of drug-likeness (QED) is 0.255. The minimum atomic E-state index is -4.49. The SMILES string of the molecule is O=C(Nc1cccc(C(F)(F)F)c1)N1CCN(c2nc(Cc3ccccc3)nc3c2cnn3-c2cccc(Cl)c2)CC1. The van der Waals surface area contributed by atoms with Gasteiger partial charge in [0, 0.05) is 43.3 Å². The van der Waals surface area contributed by atoms with E-state index in [4.69, 9.17) is 21.6 Å². The Labute approximate surface area is 244 Å². The average Bonchev–Trinajstić information content (AvgIpc) is 3.41. The number of benzene rings is 3. The molecule has 3 heterocycles. The molecule has 0 bridgehead atoms. The summed E-state index contributed by atoms with van der Waals surface area (Å²) in [6.07, 6.45) is -2.25. The van der Waals surface area contributed by atoms with Crippen molar-refractivity contribution in [3.8, 4) is 5.69 Å². The molecule has 0 spiro atoms. The molecule has 5 aromatic rings. The van der Waals surface area contributed by atoms with E-state index in [-0.39, 0.29) is 5.69 Å². The van der Waals surface area contributed by atoms with Gasteiger partial charge in [0.2, 0.25) is 0 Å². The van der Waals surface area contributed by atoms with Crippen molar-refractivity contribution < 1.29 is 18.0 Å². The first kappa shape index (κ1) is 27.5. The molecule has 1 aliphatic heterocycles. The number of halogens is 4. The number of rotatable bonds is 5. The van der Waals surface area contributed by atoms with Crippen molar-refractivity contribution in [2.45, 2.75) is 12.6 Å². The molecule has 1 saturated heterocycles. The van der Waals surface area contributed by atoms with Gasteiger partial charge in [0.15, 0.2) is 5.65 Å². The molecule has 8 nitrogen and oxygen atoms in total. The molecule has 12 heteroatoms. The summed E-state index contributed by atoms with van der Waals surface area (Å²) in [4.78, 5) is 26.3. The smallest absolute Gasteiger partial charge is 0.352 e. The van der Waals surface area contributed by atoms with Crippen molar-refractivity contribution >= 4 is 40.2 Å². The summed E-state index contributed by atoms with van der Waals surface area (Å²) >= 11 is 6.25. The highest BCUT2D eigenvalue weighted by Crippen LogP contribution is 2.31. The number of nitrogens with one attached hydrogen (secondary N) is 1. The van der Waals surface area contributed by atoms with Gasteiger partial charge < -0.3 is 15.1 Å². The van der Waals surface area contributed by atoms with E-state index in [2.05, 4.69) is 15.3 Å². The minimum Gasteiger partial charge on any atom is -0.352 e. The van der Waals surface area contributed by atoms with Gasteiger partial charge >= 0.3 is 12.2 Å². The summed E-state index contributed by atoms with van der Waals surface area (Å²) in [5.41, 5.74) is 1.74. The number of piperazine rings is 1. The highest BCUT2D eigenvalue weighted by Gasteiger charge is 2.31. The Bertz CT molecular complexity index is 1730. The standard InChI is InChI=1S/C30H25ClF3N7O/c31-22-9-5-11-24(18-22)41-28-25(19-35-41)27(37-26(38-28)16-20-6-2-1-3-7-20)39-12-14-40(15-13-39)29(42)36-23-10-4-8-21(17-23)30(32,33)34/h1-11,17-19H,12-16H2,(H,36,42). The summed E-state index contributed by atoms with van der Waals surface area (Å²) in [5, 5.41) is 8.52. The lowest BCUT2D eigenvalue weighted by Gasteiger charge is -2.35. The zero-order valence-corrected chi connectivity index (χ0v) is 23.0. The normalized spacial score (nSPS) is 13.9. The molecule has 1 fully saturated rings. The van der Waals surface area contributed by atoms with Crippen molar-refractivity contribution in [1.82, 2.24) is 24.6 Å². The Morgan fingerprint density at radius 3 is 2.40 bits per heavy atom. The molecule has 2 aromatic heterocycles. The van der Waals surface area contributed by atoms with E-state index in [0.29, 0.717) is 54.9 Å². The maximum atomic E-state index is 13.1. The number of anilines is 2. The Hall–Kier alpha value is -4.64. The van der Waals surface area contributed by atoms with Crippen LogP contribution < -0.4 is 10.2 Å². The fraction of sp³-hybridized carbons (Fsp3) is 0.200. The third-order valence-corrected chi connectivity index (χ3v) is 7.26. The molecular formula is C30H25ClF3N7O. The topological polar surface area (TPSA) is 79.2 Å². The monoisotopic (exact) mass is 591 g/mol. The van der Waals surface area contributed by atoms with E-state index < -0.39 is 17.8 Å². The highest BCUT2D eigenvalue weighted by atomic mass is 35.5. The maximum Gasteiger partial charge on any atom is 0.416 e. The van der Waals surface area contributed by atoms with Gasteiger partial charge in [-0.25, -0.2) is 19.4 Å². The van der Waals surface area contributed by atoms with Crippen LogP contribution in [0.5, 0.6) is 0 Å². The van der Waals surface area contributed by atoms with E-state index >= 15 is 0 Å². The highest BCUT2D eigenvalue weighted by molar-refractivity contribution is 6.30. The van der Waals surface area contributed by atoms with Gasteiger partial charge in [0.25, 0.3) is 0 Å². The van der Waals surface area contributed by atoms with E-state index in [9.17, 15) is 18.0 Å². The predicted octanol–water partition coefficient (Wildman–Crippen LogP) is 6.43. The molecule has 1 N–H and O–H groups in total. The summed E-state index contributed by atoms with van der Waals surface area (Å²) in [6, 6.07) is 21.4. The second-order valence-corrected chi connectivity index (χ2v) is 10.3. The van der Waals surface area contributed by atoms with Crippen LogP contribution in [0.3, 0.4) is 0 Å². The van der Waals surface area contributed by atoms with Crippen molar-refractivity contribution in [3.63, 3.8) is 0 Å². The zero-order chi connectivity index (χ0) is 29.3. The van der Waals surface area contributed by atoms with Crippen molar-refractivity contribution in [3.05, 3.63) is 107 Å². The Kier molecular flexibility index (Phi) is 7.42. The van der Waals surface area contributed by atoms with Gasteiger partial charge in [-0.05, 0) is 42.0 Å². The van der Waals surface area contributed by atoms with E-state index in [0.717, 1.165) is 28.8 Å². The number of hydrogen-bond donors (Lipinski definition) is 1. The van der Waals surface area contributed by atoms with Gasteiger partial charge in [-0.2, -0.15) is 18.3 Å². The fourth-order valence-electron chi connectivity index (χ4n) is 4.93. The van der Waals surface area contributed by atoms with Crippen LogP contribution in [0.2, 0.25) is 5.02 Å². The first-order chi connectivity index (χ1) is 20.2. The summed E-state index contributed by atoms with van der Waals surface area (Å²) in [6.45, 7) is 1.64. The number of aromatic nitrogens is 4. The van der Waals surface area contributed by atoms with Crippen LogP contribution >= 0.6 is 11.6 Å². The van der Waals surface area contributed by atoms with Gasteiger partial charge in [-0.3, -0.25) is 0 Å². The number of carbonyl (C=O) groups excluding carboxylic acids is 1. The summed E-state index contributed by atoms with van der Waals surface area (Å²) in [7, 11) is 0. The van der Waals surface area contributed by atoms with Crippen LogP contribution in [-0.2, 0) is 12.6 Å². The number of alkyl halides is 3. The van der Waals surface area contributed by atoms with Gasteiger partial charge in [0.1, 0.15) is 11.6 Å². The number of nitrogens with zero attached hydrogens (tertiary/aromatic N) is 6. The lowest BCUT2D eigenvalue weighted by Crippen LogP contribution is -2.50. The molecule has 0 saturated carbocycles. The number of carbonyl (C=O) groups is 1. The van der Waals surface area contributed by atoms with E-state index in [1.165, 1.54) is 12.1 Å². The van der Waals surface area contributed by atoms with E-state index in [1.54, 1.807) is 21.8 Å².